The molecule has 1 aliphatic rings. The number of nitrogens with one attached hydrogen (secondary N) is 2. The number of hydrogen-bond donors (Lipinski definition) is 3. The maximum absolute atomic E-state index is 11.8. The minimum absolute atomic E-state index is 0.0196. The predicted octanol–water partition coefficient (Wildman–Crippen LogP) is 1.79. The van der Waals surface area contributed by atoms with E-state index in [4.69, 9.17) is 0 Å². The van der Waals surface area contributed by atoms with Gasteiger partial charge in [-0.25, -0.2) is 4.79 Å². The maximum atomic E-state index is 11.8. The lowest BCUT2D eigenvalue weighted by molar-refractivity contribution is 0.163. The van der Waals surface area contributed by atoms with Gasteiger partial charge < -0.3 is 15.7 Å². The predicted molar refractivity (Wildman–Crippen MR) is 70.1 cm³/mol. The Labute approximate surface area is 107 Å². The summed E-state index contributed by atoms with van der Waals surface area (Å²) in [4.78, 5) is 11.8. The molecule has 1 fully saturated rings. The number of benzene rings is 1. The van der Waals surface area contributed by atoms with Crippen molar-refractivity contribution < 1.29 is 9.90 Å². The van der Waals surface area contributed by atoms with Crippen LogP contribution in [0.1, 0.15) is 31.2 Å². The van der Waals surface area contributed by atoms with Crippen LogP contribution in [0.2, 0.25) is 0 Å². The van der Waals surface area contributed by atoms with Crippen LogP contribution in [-0.2, 0) is 6.54 Å². The van der Waals surface area contributed by atoms with E-state index in [-0.39, 0.29) is 12.6 Å². The average Bonchev–Trinajstić information content (AvgIpc) is 2.87. The smallest absolute Gasteiger partial charge is 0.315 e. The number of urea groups is 1. The number of carbonyl (C=O) groups is 1. The van der Waals surface area contributed by atoms with E-state index >= 15 is 0 Å². The van der Waals surface area contributed by atoms with E-state index in [9.17, 15) is 9.90 Å². The third kappa shape index (κ3) is 3.23. The number of aliphatic hydroxyl groups is 1. The van der Waals surface area contributed by atoms with Crippen molar-refractivity contribution in [2.45, 2.75) is 37.8 Å². The van der Waals surface area contributed by atoms with Crippen LogP contribution >= 0.6 is 0 Å². The summed E-state index contributed by atoms with van der Waals surface area (Å²) in [7, 11) is 0. The van der Waals surface area contributed by atoms with Gasteiger partial charge in [0, 0.05) is 6.54 Å². The van der Waals surface area contributed by atoms with E-state index in [1.54, 1.807) is 0 Å². The van der Waals surface area contributed by atoms with Crippen molar-refractivity contribution in [2.75, 3.05) is 6.61 Å². The molecule has 0 bridgehead atoms. The van der Waals surface area contributed by atoms with Gasteiger partial charge in [-0.3, -0.25) is 0 Å². The molecule has 0 radical (unpaired) electrons. The van der Waals surface area contributed by atoms with Crippen LogP contribution in [-0.4, -0.2) is 23.3 Å². The minimum atomic E-state index is -0.402. The van der Waals surface area contributed by atoms with Gasteiger partial charge in [0.05, 0.1) is 12.1 Å². The second-order valence-electron chi connectivity index (χ2n) is 4.94. The van der Waals surface area contributed by atoms with Gasteiger partial charge >= 0.3 is 6.03 Å². The second-order valence-corrected chi connectivity index (χ2v) is 4.94. The molecule has 1 aromatic rings. The van der Waals surface area contributed by atoms with E-state index in [2.05, 4.69) is 10.6 Å². The summed E-state index contributed by atoms with van der Waals surface area (Å²) in [5.74, 6) is 0. The summed E-state index contributed by atoms with van der Waals surface area (Å²) in [5, 5.41) is 15.1. The average molecular weight is 248 g/mol. The summed E-state index contributed by atoms with van der Waals surface area (Å²) in [6.07, 6.45) is 3.86. The molecule has 0 spiro atoms. The molecule has 0 aromatic heterocycles. The van der Waals surface area contributed by atoms with Crippen LogP contribution in [0.15, 0.2) is 30.3 Å². The minimum Gasteiger partial charge on any atom is -0.394 e. The second kappa shape index (κ2) is 5.87. The van der Waals surface area contributed by atoms with Crippen molar-refractivity contribution in [2.24, 2.45) is 0 Å². The third-order valence-electron chi connectivity index (χ3n) is 3.54. The molecular formula is C14H20N2O2. The number of rotatable bonds is 4. The van der Waals surface area contributed by atoms with E-state index in [1.807, 2.05) is 30.3 Å². The van der Waals surface area contributed by atoms with Crippen molar-refractivity contribution in [3.63, 3.8) is 0 Å². The normalized spacial score (nSPS) is 17.4. The van der Waals surface area contributed by atoms with Crippen LogP contribution in [0.3, 0.4) is 0 Å². The van der Waals surface area contributed by atoms with E-state index in [0.717, 1.165) is 31.2 Å². The molecule has 18 heavy (non-hydrogen) atoms. The summed E-state index contributed by atoms with van der Waals surface area (Å²) >= 11 is 0. The molecule has 4 heteroatoms. The summed E-state index contributed by atoms with van der Waals surface area (Å²) in [6.45, 7) is 0.528. The Hall–Kier alpha value is -1.55. The Morgan fingerprint density at radius 2 is 1.89 bits per heavy atom. The standard InChI is InChI=1S/C14H20N2O2/c17-11-14(8-4-5-9-14)16-13(18)15-10-12-6-2-1-3-7-12/h1-3,6-7,17H,4-5,8-11H2,(H2,15,16,18). The van der Waals surface area contributed by atoms with Gasteiger partial charge in [-0.05, 0) is 18.4 Å². The fraction of sp³-hybridized carbons (Fsp3) is 0.500. The number of hydrogen-bond acceptors (Lipinski definition) is 2. The first kappa shape index (κ1) is 12.9. The molecule has 2 rings (SSSR count). The Balaban J connectivity index is 1.82. The molecule has 0 aliphatic heterocycles. The highest BCUT2D eigenvalue weighted by Crippen LogP contribution is 2.28. The zero-order chi connectivity index (χ0) is 12.8. The van der Waals surface area contributed by atoms with Crippen LogP contribution in [0.5, 0.6) is 0 Å². The van der Waals surface area contributed by atoms with Gasteiger partial charge in [0.2, 0.25) is 0 Å². The molecule has 4 nitrogen and oxygen atoms in total. The zero-order valence-electron chi connectivity index (χ0n) is 10.5. The van der Waals surface area contributed by atoms with E-state index < -0.39 is 5.54 Å². The summed E-state index contributed by atoms with van der Waals surface area (Å²) < 4.78 is 0. The van der Waals surface area contributed by atoms with E-state index in [0.29, 0.717) is 6.54 Å². The van der Waals surface area contributed by atoms with Gasteiger partial charge in [0.1, 0.15) is 0 Å². The first-order valence-corrected chi connectivity index (χ1v) is 6.45. The van der Waals surface area contributed by atoms with Crippen molar-refractivity contribution in [3.8, 4) is 0 Å². The van der Waals surface area contributed by atoms with Crippen LogP contribution in [0.25, 0.3) is 0 Å². The lowest BCUT2D eigenvalue weighted by Gasteiger charge is -2.27. The van der Waals surface area contributed by atoms with E-state index in [1.165, 1.54) is 0 Å². The molecule has 1 aliphatic carbocycles. The van der Waals surface area contributed by atoms with Crippen LogP contribution in [0, 0.1) is 0 Å². The zero-order valence-corrected chi connectivity index (χ0v) is 10.5. The first-order valence-electron chi connectivity index (χ1n) is 6.45. The van der Waals surface area contributed by atoms with Gasteiger partial charge in [0.15, 0.2) is 0 Å². The number of carbonyl (C=O) groups excluding carboxylic acids is 1. The first-order chi connectivity index (χ1) is 8.74. The van der Waals surface area contributed by atoms with Gasteiger partial charge in [0.25, 0.3) is 0 Å². The quantitative estimate of drug-likeness (QED) is 0.760. The highest BCUT2D eigenvalue weighted by atomic mass is 16.3. The molecule has 3 N–H and O–H groups in total. The Morgan fingerprint density at radius 1 is 1.22 bits per heavy atom. The number of aliphatic hydroxyl groups excluding tert-OH is 1. The molecule has 1 aromatic carbocycles. The van der Waals surface area contributed by atoms with Crippen molar-refractivity contribution in [1.82, 2.24) is 10.6 Å². The Kier molecular flexibility index (Phi) is 4.20. The summed E-state index contributed by atoms with van der Waals surface area (Å²) in [5.41, 5.74) is 0.665. The SMILES string of the molecule is O=C(NCc1ccccc1)NC1(CO)CCCC1. The number of amides is 2. The largest absolute Gasteiger partial charge is 0.394 e. The van der Waals surface area contributed by atoms with Gasteiger partial charge in [-0.15, -0.1) is 0 Å². The molecule has 0 atom stereocenters. The summed E-state index contributed by atoms with van der Waals surface area (Å²) in [6, 6.07) is 9.58. The van der Waals surface area contributed by atoms with Crippen LogP contribution < -0.4 is 10.6 Å². The molecular weight excluding hydrogens is 228 g/mol. The molecule has 98 valence electrons. The lowest BCUT2D eigenvalue weighted by Crippen LogP contribution is -2.52. The monoisotopic (exact) mass is 248 g/mol. The molecule has 0 heterocycles. The third-order valence-corrected chi connectivity index (χ3v) is 3.54. The fourth-order valence-electron chi connectivity index (χ4n) is 2.44. The molecule has 1 saturated carbocycles. The molecule has 0 saturated heterocycles. The van der Waals surface area contributed by atoms with Crippen molar-refractivity contribution >= 4 is 6.03 Å². The fourth-order valence-corrected chi connectivity index (χ4v) is 2.44. The van der Waals surface area contributed by atoms with Crippen LogP contribution in [0.4, 0.5) is 4.79 Å². The molecule has 0 unspecified atom stereocenters. The van der Waals surface area contributed by atoms with Gasteiger partial charge in [-0.1, -0.05) is 43.2 Å². The highest BCUT2D eigenvalue weighted by Gasteiger charge is 2.34. The Morgan fingerprint density at radius 3 is 2.50 bits per heavy atom. The maximum Gasteiger partial charge on any atom is 0.315 e. The highest BCUT2D eigenvalue weighted by molar-refractivity contribution is 5.74. The molecule has 2 amide bonds. The van der Waals surface area contributed by atoms with Crippen molar-refractivity contribution in [1.29, 1.82) is 0 Å². The topological polar surface area (TPSA) is 61.4 Å². The van der Waals surface area contributed by atoms with Gasteiger partial charge in [-0.2, -0.15) is 0 Å². The lowest BCUT2D eigenvalue weighted by atomic mass is 9.99. The van der Waals surface area contributed by atoms with Crippen molar-refractivity contribution in [3.05, 3.63) is 35.9 Å². The Bertz CT molecular complexity index is 386.